The molecule has 1 aromatic rings. The standard InChI is InChI=1S/C15H23N3O2/c1-5-18(6-2)15(20)11-14(19)16-12-7-9-13(10-8-12)17(3)4/h7-10H,5-6,11H2,1-4H3,(H,16,19). The van der Waals surface area contributed by atoms with E-state index in [0.29, 0.717) is 18.8 Å². The monoisotopic (exact) mass is 277 g/mol. The molecule has 0 bridgehead atoms. The molecule has 1 aromatic carbocycles. The maximum atomic E-state index is 11.8. The molecule has 0 spiro atoms. The van der Waals surface area contributed by atoms with Crippen LogP contribution in [0.5, 0.6) is 0 Å². The van der Waals surface area contributed by atoms with Gasteiger partial charge < -0.3 is 15.1 Å². The third-order valence-corrected chi connectivity index (χ3v) is 3.10. The fraction of sp³-hybridized carbons (Fsp3) is 0.467. The summed E-state index contributed by atoms with van der Waals surface area (Å²) >= 11 is 0. The Balaban J connectivity index is 2.56. The molecule has 0 fully saturated rings. The van der Waals surface area contributed by atoms with Crippen molar-refractivity contribution >= 4 is 23.2 Å². The van der Waals surface area contributed by atoms with E-state index in [1.54, 1.807) is 4.90 Å². The summed E-state index contributed by atoms with van der Waals surface area (Å²) in [5.41, 5.74) is 1.76. The molecule has 110 valence electrons. The van der Waals surface area contributed by atoms with E-state index in [0.717, 1.165) is 5.69 Å². The summed E-state index contributed by atoms with van der Waals surface area (Å²) in [6, 6.07) is 7.49. The average molecular weight is 277 g/mol. The van der Waals surface area contributed by atoms with Gasteiger partial charge in [0.05, 0.1) is 0 Å². The molecule has 20 heavy (non-hydrogen) atoms. The zero-order valence-corrected chi connectivity index (χ0v) is 12.6. The SMILES string of the molecule is CCN(CC)C(=O)CC(=O)Nc1ccc(N(C)C)cc1. The van der Waals surface area contributed by atoms with Gasteiger partial charge in [0.2, 0.25) is 11.8 Å². The summed E-state index contributed by atoms with van der Waals surface area (Å²) in [5.74, 6) is -0.420. The average Bonchev–Trinajstić information content (AvgIpc) is 2.40. The predicted molar refractivity (Wildman–Crippen MR) is 81.9 cm³/mol. The second-order valence-electron chi connectivity index (χ2n) is 4.73. The zero-order chi connectivity index (χ0) is 15.1. The van der Waals surface area contributed by atoms with Crippen LogP contribution in [0.15, 0.2) is 24.3 Å². The molecule has 0 aliphatic heterocycles. The first-order valence-corrected chi connectivity index (χ1v) is 6.83. The van der Waals surface area contributed by atoms with E-state index in [-0.39, 0.29) is 18.2 Å². The Bertz CT molecular complexity index is 451. The molecule has 0 saturated heterocycles. The number of carbonyl (C=O) groups is 2. The number of rotatable bonds is 6. The molecule has 2 amide bonds. The predicted octanol–water partition coefficient (Wildman–Crippen LogP) is 1.95. The van der Waals surface area contributed by atoms with E-state index in [2.05, 4.69) is 5.32 Å². The second kappa shape index (κ2) is 7.53. The van der Waals surface area contributed by atoms with Crippen LogP contribution in [0.2, 0.25) is 0 Å². The molecular weight excluding hydrogens is 254 g/mol. The molecule has 0 radical (unpaired) electrons. The van der Waals surface area contributed by atoms with Crippen LogP contribution in [-0.4, -0.2) is 43.9 Å². The molecule has 0 heterocycles. The lowest BCUT2D eigenvalue weighted by Gasteiger charge is -2.18. The van der Waals surface area contributed by atoms with Gasteiger partial charge >= 0.3 is 0 Å². The minimum Gasteiger partial charge on any atom is -0.378 e. The van der Waals surface area contributed by atoms with Crippen molar-refractivity contribution in [1.82, 2.24) is 4.90 Å². The largest absolute Gasteiger partial charge is 0.378 e. The lowest BCUT2D eigenvalue weighted by Crippen LogP contribution is -2.33. The molecule has 0 aromatic heterocycles. The van der Waals surface area contributed by atoms with Gasteiger partial charge in [-0.15, -0.1) is 0 Å². The van der Waals surface area contributed by atoms with Crippen LogP contribution >= 0.6 is 0 Å². The quantitative estimate of drug-likeness (QED) is 0.809. The lowest BCUT2D eigenvalue weighted by molar-refractivity contribution is -0.134. The number of hydrogen-bond donors (Lipinski definition) is 1. The number of amides is 2. The van der Waals surface area contributed by atoms with Crippen molar-refractivity contribution in [2.45, 2.75) is 20.3 Å². The Hall–Kier alpha value is -2.04. The number of anilines is 2. The lowest BCUT2D eigenvalue weighted by atomic mass is 10.2. The van der Waals surface area contributed by atoms with Gasteiger partial charge in [-0.05, 0) is 38.1 Å². The van der Waals surface area contributed by atoms with Gasteiger partial charge in [0, 0.05) is 38.6 Å². The first kappa shape index (κ1) is 16.0. The maximum Gasteiger partial charge on any atom is 0.233 e. The van der Waals surface area contributed by atoms with Gasteiger partial charge in [-0.2, -0.15) is 0 Å². The Morgan fingerprint density at radius 3 is 2.05 bits per heavy atom. The second-order valence-corrected chi connectivity index (χ2v) is 4.73. The van der Waals surface area contributed by atoms with E-state index >= 15 is 0 Å². The van der Waals surface area contributed by atoms with E-state index < -0.39 is 0 Å². The zero-order valence-electron chi connectivity index (χ0n) is 12.6. The minimum atomic E-state index is -0.278. The molecule has 0 aliphatic carbocycles. The van der Waals surface area contributed by atoms with Gasteiger partial charge in [-0.3, -0.25) is 9.59 Å². The number of benzene rings is 1. The van der Waals surface area contributed by atoms with Gasteiger partial charge in [0.1, 0.15) is 6.42 Å². The van der Waals surface area contributed by atoms with Crippen molar-refractivity contribution < 1.29 is 9.59 Å². The molecule has 5 nitrogen and oxygen atoms in total. The Morgan fingerprint density at radius 1 is 1.05 bits per heavy atom. The minimum absolute atomic E-state index is 0.114. The van der Waals surface area contributed by atoms with Crippen LogP contribution in [0.25, 0.3) is 0 Å². The summed E-state index contributed by atoms with van der Waals surface area (Å²) in [7, 11) is 3.91. The highest BCUT2D eigenvalue weighted by Crippen LogP contribution is 2.15. The Morgan fingerprint density at radius 2 is 1.60 bits per heavy atom. The summed E-state index contributed by atoms with van der Waals surface area (Å²) in [6.07, 6.45) is -0.114. The maximum absolute atomic E-state index is 11.8. The van der Waals surface area contributed by atoms with Crippen LogP contribution in [0, 0.1) is 0 Å². The van der Waals surface area contributed by atoms with Crippen LogP contribution in [0.1, 0.15) is 20.3 Å². The fourth-order valence-corrected chi connectivity index (χ4v) is 1.87. The number of carbonyl (C=O) groups excluding carboxylic acids is 2. The third kappa shape index (κ3) is 4.57. The first-order chi connectivity index (χ1) is 9.47. The van der Waals surface area contributed by atoms with Crippen LogP contribution in [0.3, 0.4) is 0 Å². The molecule has 1 rings (SSSR count). The van der Waals surface area contributed by atoms with E-state index in [4.69, 9.17) is 0 Å². The van der Waals surface area contributed by atoms with Crippen molar-refractivity contribution in [2.75, 3.05) is 37.4 Å². The van der Waals surface area contributed by atoms with Crippen molar-refractivity contribution in [3.63, 3.8) is 0 Å². The molecular formula is C15H23N3O2. The number of nitrogens with one attached hydrogen (secondary N) is 1. The van der Waals surface area contributed by atoms with Crippen molar-refractivity contribution in [1.29, 1.82) is 0 Å². The molecule has 0 aliphatic rings. The molecule has 0 unspecified atom stereocenters. The Kier molecular flexibility index (Phi) is 6.03. The van der Waals surface area contributed by atoms with Crippen molar-refractivity contribution in [2.24, 2.45) is 0 Å². The van der Waals surface area contributed by atoms with Gasteiger partial charge in [0.25, 0.3) is 0 Å². The van der Waals surface area contributed by atoms with Crippen molar-refractivity contribution in [3.8, 4) is 0 Å². The van der Waals surface area contributed by atoms with Crippen LogP contribution in [-0.2, 0) is 9.59 Å². The molecule has 5 heteroatoms. The molecule has 0 atom stereocenters. The first-order valence-electron chi connectivity index (χ1n) is 6.83. The fourth-order valence-electron chi connectivity index (χ4n) is 1.87. The molecule has 0 saturated carbocycles. The summed E-state index contributed by atoms with van der Waals surface area (Å²) in [6.45, 7) is 5.05. The van der Waals surface area contributed by atoms with E-state index in [1.807, 2.05) is 57.1 Å². The van der Waals surface area contributed by atoms with Gasteiger partial charge in [-0.1, -0.05) is 0 Å². The third-order valence-electron chi connectivity index (χ3n) is 3.10. The number of nitrogens with zero attached hydrogens (tertiary/aromatic N) is 2. The van der Waals surface area contributed by atoms with E-state index in [1.165, 1.54) is 0 Å². The van der Waals surface area contributed by atoms with Gasteiger partial charge in [-0.25, -0.2) is 0 Å². The molecule has 1 N–H and O–H groups in total. The van der Waals surface area contributed by atoms with Crippen molar-refractivity contribution in [3.05, 3.63) is 24.3 Å². The summed E-state index contributed by atoms with van der Waals surface area (Å²) < 4.78 is 0. The van der Waals surface area contributed by atoms with E-state index in [9.17, 15) is 9.59 Å². The highest BCUT2D eigenvalue weighted by atomic mass is 16.2. The van der Waals surface area contributed by atoms with Crippen LogP contribution < -0.4 is 10.2 Å². The normalized spacial score (nSPS) is 10.0. The Labute approximate surface area is 120 Å². The van der Waals surface area contributed by atoms with Gasteiger partial charge in [0.15, 0.2) is 0 Å². The highest BCUT2D eigenvalue weighted by Gasteiger charge is 2.14. The summed E-state index contributed by atoms with van der Waals surface area (Å²) in [5, 5.41) is 2.74. The number of hydrogen-bond acceptors (Lipinski definition) is 3. The smallest absolute Gasteiger partial charge is 0.233 e. The highest BCUT2D eigenvalue weighted by molar-refractivity contribution is 6.03. The summed E-state index contributed by atoms with van der Waals surface area (Å²) in [4.78, 5) is 27.2. The topological polar surface area (TPSA) is 52.7 Å². The van der Waals surface area contributed by atoms with Crippen LogP contribution in [0.4, 0.5) is 11.4 Å².